The first-order valence-corrected chi connectivity index (χ1v) is 7.37. The van der Waals surface area contributed by atoms with Gasteiger partial charge in [0.15, 0.2) is 0 Å². The maximum atomic E-state index is 11.3. The van der Waals surface area contributed by atoms with Crippen LogP contribution >= 0.6 is 0 Å². The lowest BCUT2D eigenvalue weighted by Crippen LogP contribution is -2.02. The van der Waals surface area contributed by atoms with Gasteiger partial charge in [-0.1, -0.05) is 42.5 Å². The van der Waals surface area contributed by atoms with Gasteiger partial charge in [-0.2, -0.15) is 0 Å². The third kappa shape index (κ3) is 4.69. The molecular formula is C19H20O4. The summed E-state index contributed by atoms with van der Waals surface area (Å²) in [6.07, 6.45) is 1.16. The highest BCUT2D eigenvalue weighted by atomic mass is 16.5. The van der Waals surface area contributed by atoms with E-state index in [0.29, 0.717) is 5.75 Å². The van der Waals surface area contributed by atoms with Gasteiger partial charge in [-0.05, 0) is 35.7 Å². The number of carbonyl (C=O) groups is 1. The number of rotatable bonds is 7. The highest BCUT2D eigenvalue weighted by molar-refractivity contribution is 5.81. The molecule has 0 aromatic heterocycles. The second kappa shape index (κ2) is 8.15. The van der Waals surface area contributed by atoms with E-state index in [0.717, 1.165) is 28.3 Å². The second-order valence-electron chi connectivity index (χ2n) is 5.07. The number of hydrogen-bond donors (Lipinski definition) is 1. The van der Waals surface area contributed by atoms with E-state index in [-0.39, 0.29) is 19.8 Å². The van der Waals surface area contributed by atoms with Crippen LogP contribution in [0.1, 0.15) is 11.1 Å². The average molecular weight is 312 g/mol. The molecule has 0 aliphatic heterocycles. The van der Waals surface area contributed by atoms with Gasteiger partial charge in [0.1, 0.15) is 19.0 Å². The molecule has 0 saturated heterocycles. The summed E-state index contributed by atoms with van der Waals surface area (Å²) in [4.78, 5) is 11.3. The summed E-state index contributed by atoms with van der Waals surface area (Å²) >= 11 is 0. The van der Waals surface area contributed by atoms with Crippen molar-refractivity contribution in [3.05, 3.63) is 66.2 Å². The quantitative estimate of drug-likeness (QED) is 0.630. The third-order valence-electron chi connectivity index (χ3n) is 3.32. The van der Waals surface area contributed by atoms with Gasteiger partial charge in [0, 0.05) is 6.08 Å². The normalized spacial score (nSPS) is 10.2. The van der Waals surface area contributed by atoms with Crippen molar-refractivity contribution in [2.45, 2.75) is 13.5 Å². The van der Waals surface area contributed by atoms with E-state index in [4.69, 9.17) is 14.6 Å². The van der Waals surface area contributed by atoms with E-state index in [1.807, 2.05) is 49.4 Å². The van der Waals surface area contributed by atoms with E-state index in [9.17, 15) is 4.79 Å². The summed E-state index contributed by atoms with van der Waals surface area (Å²) in [5.74, 6) is 0.264. The Kier molecular flexibility index (Phi) is 5.94. The molecule has 4 heteroatoms. The molecule has 0 bridgehead atoms. The minimum atomic E-state index is -0.440. The van der Waals surface area contributed by atoms with Crippen LogP contribution in [-0.2, 0) is 16.1 Å². The highest BCUT2D eigenvalue weighted by Crippen LogP contribution is 2.27. The lowest BCUT2D eigenvalue weighted by Gasteiger charge is -2.12. The second-order valence-corrected chi connectivity index (χ2v) is 5.07. The number of ether oxygens (including phenoxy) is 2. The Bertz CT molecular complexity index is 674. The van der Waals surface area contributed by atoms with Gasteiger partial charge in [0.2, 0.25) is 0 Å². The maximum absolute atomic E-state index is 11.3. The molecule has 0 aliphatic rings. The first-order valence-electron chi connectivity index (χ1n) is 7.37. The Balaban J connectivity index is 2.23. The zero-order valence-corrected chi connectivity index (χ0v) is 13.1. The molecule has 0 unspecified atom stereocenters. The van der Waals surface area contributed by atoms with E-state index in [1.165, 1.54) is 0 Å². The molecule has 2 aromatic carbocycles. The largest absolute Gasteiger partial charge is 0.491 e. The molecular weight excluding hydrogens is 292 g/mol. The van der Waals surface area contributed by atoms with Crippen LogP contribution in [0.3, 0.4) is 0 Å². The molecule has 23 heavy (non-hydrogen) atoms. The van der Waals surface area contributed by atoms with E-state index in [1.54, 1.807) is 0 Å². The van der Waals surface area contributed by atoms with Crippen LogP contribution in [0.25, 0.3) is 11.1 Å². The Morgan fingerprint density at radius 1 is 1.22 bits per heavy atom. The number of benzene rings is 2. The maximum Gasteiger partial charge on any atom is 0.330 e. The molecule has 2 aromatic rings. The summed E-state index contributed by atoms with van der Waals surface area (Å²) in [5, 5.41) is 8.77. The van der Waals surface area contributed by atoms with E-state index >= 15 is 0 Å². The Morgan fingerprint density at radius 3 is 2.61 bits per heavy atom. The van der Waals surface area contributed by atoms with Crippen molar-refractivity contribution in [2.24, 2.45) is 0 Å². The standard InChI is InChI=1S/C19H20O4/c1-3-19(21)23-13-16-12-14(2)4-9-18(16)15-5-7-17(8-6-15)22-11-10-20/h3-9,12,20H,1,10-11,13H2,2H3. The molecule has 0 spiro atoms. The van der Waals surface area contributed by atoms with E-state index in [2.05, 4.69) is 6.58 Å². The summed E-state index contributed by atoms with van der Waals surface area (Å²) < 4.78 is 10.5. The van der Waals surface area contributed by atoms with Gasteiger partial charge in [-0.15, -0.1) is 0 Å². The fourth-order valence-electron chi connectivity index (χ4n) is 2.23. The summed E-state index contributed by atoms with van der Waals surface area (Å²) in [6, 6.07) is 13.6. The molecule has 0 radical (unpaired) electrons. The number of aryl methyl sites for hydroxylation is 1. The van der Waals surface area contributed by atoms with Crippen LogP contribution in [0.5, 0.6) is 5.75 Å². The number of hydrogen-bond acceptors (Lipinski definition) is 4. The van der Waals surface area contributed by atoms with Crippen LogP contribution in [-0.4, -0.2) is 24.3 Å². The molecule has 0 saturated carbocycles. The summed E-state index contributed by atoms with van der Waals surface area (Å²) in [6.45, 7) is 5.85. The minimum Gasteiger partial charge on any atom is -0.491 e. The molecule has 0 atom stereocenters. The fourth-order valence-corrected chi connectivity index (χ4v) is 2.23. The van der Waals surface area contributed by atoms with Gasteiger partial charge in [-0.25, -0.2) is 4.79 Å². The Labute approximate surface area is 136 Å². The topological polar surface area (TPSA) is 55.8 Å². The fraction of sp³-hybridized carbons (Fsp3) is 0.211. The van der Waals surface area contributed by atoms with Crippen molar-refractivity contribution in [3.63, 3.8) is 0 Å². The molecule has 120 valence electrons. The van der Waals surface area contributed by atoms with Gasteiger partial charge >= 0.3 is 5.97 Å². The van der Waals surface area contributed by atoms with Gasteiger partial charge in [0.05, 0.1) is 6.61 Å². The molecule has 4 nitrogen and oxygen atoms in total. The third-order valence-corrected chi connectivity index (χ3v) is 3.32. The van der Waals surface area contributed by atoms with Crippen molar-refractivity contribution >= 4 is 5.97 Å². The molecule has 2 rings (SSSR count). The Morgan fingerprint density at radius 2 is 1.96 bits per heavy atom. The van der Waals surface area contributed by atoms with Crippen LogP contribution < -0.4 is 4.74 Å². The van der Waals surface area contributed by atoms with Crippen LogP contribution in [0.4, 0.5) is 0 Å². The first kappa shape index (κ1) is 16.8. The van der Waals surface area contributed by atoms with Crippen LogP contribution in [0, 0.1) is 6.92 Å². The molecule has 1 N–H and O–H groups in total. The number of aliphatic hydroxyl groups excluding tert-OH is 1. The summed E-state index contributed by atoms with van der Waals surface area (Å²) in [5.41, 5.74) is 4.04. The lowest BCUT2D eigenvalue weighted by molar-refractivity contribution is -0.138. The summed E-state index contributed by atoms with van der Waals surface area (Å²) in [7, 11) is 0. The van der Waals surface area contributed by atoms with Gasteiger partial charge < -0.3 is 14.6 Å². The smallest absolute Gasteiger partial charge is 0.330 e. The molecule has 0 fully saturated rings. The Hall–Kier alpha value is -2.59. The van der Waals surface area contributed by atoms with Crippen molar-refractivity contribution < 1.29 is 19.4 Å². The first-order chi connectivity index (χ1) is 11.1. The molecule has 0 heterocycles. The average Bonchev–Trinajstić information content (AvgIpc) is 2.58. The number of aliphatic hydroxyl groups is 1. The van der Waals surface area contributed by atoms with Crippen molar-refractivity contribution in [3.8, 4) is 16.9 Å². The zero-order chi connectivity index (χ0) is 16.7. The van der Waals surface area contributed by atoms with Crippen molar-refractivity contribution in [1.82, 2.24) is 0 Å². The van der Waals surface area contributed by atoms with Gasteiger partial charge in [-0.3, -0.25) is 0 Å². The van der Waals surface area contributed by atoms with Crippen molar-refractivity contribution in [1.29, 1.82) is 0 Å². The van der Waals surface area contributed by atoms with Gasteiger partial charge in [0.25, 0.3) is 0 Å². The van der Waals surface area contributed by atoms with E-state index < -0.39 is 5.97 Å². The van der Waals surface area contributed by atoms with Crippen LogP contribution in [0.2, 0.25) is 0 Å². The predicted octanol–water partition coefficient (Wildman–Crippen LogP) is 3.26. The predicted molar refractivity (Wildman–Crippen MR) is 89.2 cm³/mol. The monoisotopic (exact) mass is 312 g/mol. The number of carbonyl (C=O) groups excluding carboxylic acids is 1. The van der Waals surface area contributed by atoms with Crippen molar-refractivity contribution in [2.75, 3.05) is 13.2 Å². The lowest BCUT2D eigenvalue weighted by atomic mass is 9.98. The van der Waals surface area contributed by atoms with Crippen LogP contribution in [0.15, 0.2) is 55.1 Å². The SMILES string of the molecule is C=CC(=O)OCc1cc(C)ccc1-c1ccc(OCCO)cc1. The minimum absolute atomic E-state index is 0.0153. The zero-order valence-electron chi connectivity index (χ0n) is 13.1. The highest BCUT2D eigenvalue weighted by Gasteiger charge is 2.08. The number of esters is 1. The molecule has 0 aliphatic carbocycles. The molecule has 0 amide bonds.